The fourth-order valence-corrected chi connectivity index (χ4v) is 8.24. The van der Waals surface area contributed by atoms with Gasteiger partial charge in [0.25, 0.3) is 25.7 Å². The molecule has 0 saturated heterocycles. The molecule has 0 aromatic heterocycles. The number of nitro benzene ring substituents is 1. The SMILES string of the molecule is CC(=O)Nc1ccc(S(=O)(=O)Nc2cccc(CCc3ccc(C(=O)O)cc3)c2)cc1.O=C(O)c1ccc(CCc2cccc(NS(=O)(=O)c3ccccc3[N+](=O)[O-])c2)cc1. The predicted molar refractivity (Wildman–Crippen MR) is 230 cm³/mol. The number of nitro groups is 1. The molecule has 0 radical (unpaired) electrons. The summed E-state index contributed by atoms with van der Waals surface area (Å²) in [7, 11) is -7.91. The van der Waals surface area contributed by atoms with E-state index in [1.807, 2.05) is 12.1 Å². The Bertz CT molecular complexity index is 2760. The van der Waals surface area contributed by atoms with Crippen LogP contribution in [0.2, 0.25) is 0 Å². The van der Waals surface area contributed by atoms with Crippen LogP contribution >= 0.6 is 0 Å². The van der Waals surface area contributed by atoms with Gasteiger partial charge < -0.3 is 15.5 Å². The normalized spacial score (nSPS) is 11.0. The summed E-state index contributed by atoms with van der Waals surface area (Å²) in [6.45, 7) is 1.38. The van der Waals surface area contributed by atoms with E-state index in [1.54, 1.807) is 72.8 Å². The zero-order chi connectivity index (χ0) is 44.2. The second kappa shape index (κ2) is 20.1. The van der Waals surface area contributed by atoms with E-state index in [4.69, 9.17) is 10.2 Å². The second-order valence-corrected chi connectivity index (χ2v) is 16.9. The minimum atomic E-state index is -4.13. The summed E-state index contributed by atoms with van der Waals surface area (Å²) in [6, 6.07) is 38.2. The van der Waals surface area contributed by atoms with E-state index in [0.717, 1.165) is 28.3 Å². The van der Waals surface area contributed by atoms with Gasteiger partial charge in [0.1, 0.15) is 0 Å². The van der Waals surface area contributed by atoms with Gasteiger partial charge in [-0.25, -0.2) is 26.4 Å². The molecule has 1 amide bonds. The number of carboxylic acids is 2. The highest BCUT2D eigenvalue weighted by Crippen LogP contribution is 2.26. The molecular weight excluding hydrogens is 825 g/mol. The number of para-hydroxylation sites is 1. The smallest absolute Gasteiger partial charge is 0.335 e. The van der Waals surface area contributed by atoms with Gasteiger partial charge in [-0.05, 0) is 127 Å². The fraction of sp³-hybridized carbons (Fsp3) is 0.114. The summed E-state index contributed by atoms with van der Waals surface area (Å²) >= 11 is 0. The molecule has 314 valence electrons. The van der Waals surface area contributed by atoms with Gasteiger partial charge >= 0.3 is 11.9 Å². The Balaban J connectivity index is 0.000000231. The van der Waals surface area contributed by atoms with E-state index in [0.29, 0.717) is 42.7 Å². The number of carboxylic acid groups (broad SMARTS) is 2. The number of benzene rings is 6. The molecule has 6 aromatic carbocycles. The van der Waals surface area contributed by atoms with Gasteiger partial charge in [-0.1, -0.05) is 60.7 Å². The molecule has 0 aliphatic carbocycles. The van der Waals surface area contributed by atoms with Crippen LogP contribution < -0.4 is 14.8 Å². The number of aromatic carboxylic acids is 2. The number of carbonyl (C=O) groups is 3. The molecule has 6 rings (SSSR count). The average molecular weight is 865 g/mol. The van der Waals surface area contributed by atoms with Crippen LogP contribution in [0.3, 0.4) is 0 Å². The van der Waals surface area contributed by atoms with Crippen LogP contribution in [0.25, 0.3) is 0 Å². The Labute approximate surface area is 352 Å². The third-order valence-electron chi connectivity index (χ3n) is 9.00. The average Bonchev–Trinajstić information content (AvgIpc) is 3.22. The number of carbonyl (C=O) groups excluding carboxylic acids is 1. The van der Waals surface area contributed by atoms with Gasteiger partial charge in [-0.3, -0.25) is 24.4 Å². The predicted octanol–water partition coefficient (Wildman–Crippen LogP) is 7.81. The van der Waals surface area contributed by atoms with E-state index in [2.05, 4.69) is 14.8 Å². The van der Waals surface area contributed by atoms with Crippen molar-refractivity contribution in [3.05, 3.63) is 189 Å². The first-order chi connectivity index (χ1) is 29.0. The first kappa shape index (κ1) is 44.7. The molecular formula is C44H40N4O11S2. The Morgan fingerprint density at radius 3 is 1.43 bits per heavy atom. The molecule has 0 heterocycles. The molecule has 0 atom stereocenters. The Hall–Kier alpha value is -7.37. The highest BCUT2D eigenvalue weighted by atomic mass is 32.2. The van der Waals surface area contributed by atoms with Crippen LogP contribution in [0, 0.1) is 10.1 Å². The first-order valence-corrected chi connectivity index (χ1v) is 21.4. The van der Waals surface area contributed by atoms with Crippen molar-refractivity contribution >= 4 is 60.6 Å². The van der Waals surface area contributed by atoms with Gasteiger partial charge in [0.2, 0.25) is 5.91 Å². The molecule has 15 nitrogen and oxygen atoms in total. The van der Waals surface area contributed by atoms with Crippen molar-refractivity contribution in [3.8, 4) is 0 Å². The standard InChI is InChI=1S/C23H22N2O5S.C21H18N2O6S/c1-16(26)24-20-11-13-22(14-12-20)31(29,30)25-21-4-2-3-18(15-21)6-5-17-7-9-19(10-8-17)23(27)28;24-21(25)17-12-10-15(11-13-17)8-9-16-4-3-5-18(14-16)22-30(28,29)20-7-2-1-6-19(20)23(26)27/h2-4,7-15,25H,5-6H2,1H3,(H,24,26)(H,27,28);1-7,10-14,22H,8-9H2,(H,24,25). The molecule has 0 saturated carbocycles. The van der Waals surface area contributed by atoms with Crippen molar-refractivity contribution in [2.24, 2.45) is 0 Å². The summed E-state index contributed by atoms with van der Waals surface area (Å²) in [6.07, 6.45) is 2.61. The number of hydrogen-bond donors (Lipinski definition) is 5. The molecule has 0 aliphatic rings. The van der Waals surface area contributed by atoms with Crippen molar-refractivity contribution in [1.82, 2.24) is 0 Å². The van der Waals surface area contributed by atoms with E-state index in [9.17, 15) is 41.3 Å². The van der Waals surface area contributed by atoms with Crippen LogP contribution in [0.4, 0.5) is 22.7 Å². The quantitative estimate of drug-likeness (QED) is 0.0464. The molecule has 0 fully saturated rings. The molecule has 61 heavy (non-hydrogen) atoms. The second-order valence-electron chi connectivity index (χ2n) is 13.5. The van der Waals surface area contributed by atoms with Gasteiger partial charge in [-0.2, -0.15) is 0 Å². The molecule has 6 aromatic rings. The van der Waals surface area contributed by atoms with Crippen LogP contribution in [-0.2, 0) is 50.5 Å². The fourth-order valence-electron chi connectivity index (χ4n) is 5.97. The molecule has 0 bridgehead atoms. The number of sulfonamides is 2. The topological polar surface area (TPSA) is 239 Å². The number of nitrogens with one attached hydrogen (secondary N) is 3. The number of aryl methyl sites for hydroxylation is 4. The van der Waals surface area contributed by atoms with E-state index >= 15 is 0 Å². The van der Waals surface area contributed by atoms with Crippen LogP contribution in [0.5, 0.6) is 0 Å². The van der Waals surface area contributed by atoms with E-state index < -0.39 is 47.5 Å². The van der Waals surface area contributed by atoms with Crippen LogP contribution in [-0.4, -0.2) is 49.8 Å². The van der Waals surface area contributed by atoms with Crippen LogP contribution in [0.15, 0.2) is 155 Å². The molecule has 0 spiro atoms. The Morgan fingerprint density at radius 1 is 0.541 bits per heavy atom. The lowest BCUT2D eigenvalue weighted by molar-refractivity contribution is -0.387. The summed E-state index contributed by atoms with van der Waals surface area (Å²) in [4.78, 5) is 43.0. The number of nitrogens with zero attached hydrogens (tertiary/aromatic N) is 1. The maximum Gasteiger partial charge on any atom is 0.335 e. The molecule has 0 aliphatic heterocycles. The zero-order valence-corrected chi connectivity index (χ0v) is 34.2. The van der Waals surface area contributed by atoms with E-state index in [1.165, 1.54) is 61.5 Å². The highest BCUT2D eigenvalue weighted by Gasteiger charge is 2.25. The zero-order valence-electron chi connectivity index (χ0n) is 32.5. The third-order valence-corrected chi connectivity index (χ3v) is 11.8. The molecule has 5 N–H and O–H groups in total. The number of hydrogen-bond acceptors (Lipinski definition) is 9. The van der Waals surface area contributed by atoms with Gasteiger partial charge in [-0.15, -0.1) is 0 Å². The molecule has 0 unspecified atom stereocenters. The maximum atomic E-state index is 12.7. The summed E-state index contributed by atoms with van der Waals surface area (Å²) in [5.41, 5.74) is 4.98. The van der Waals surface area contributed by atoms with E-state index in [-0.39, 0.29) is 21.9 Å². The minimum Gasteiger partial charge on any atom is -0.478 e. The van der Waals surface area contributed by atoms with Crippen molar-refractivity contribution in [2.45, 2.75) is 42.4 Å². The first-order valence-electron chi connectivity index (χ1n) is 18.5. The lowest BCUT2D eigenvalue weighted by Gasteiger charge is -2.11. The van der Waals surface area contributed by atoms with Crippen molar-refractivity contribution < 1.29 is 46.4 Å². The number of amides is 1. The van der Waals surface area contributed by atoms with Crippen molar-refractivity contribution in [2.75, 3.05) is 14.8 Å². The van der Waals surface area contributed by atoms with Crippen LogP contribution in [0.1, 0.15) is 49.9 Å². The van der Waals surface area contributed by atoms with Gasteiger partial charge in [0.15, 0.2) is 4.90 Å². The molecule has 17 heteroatoms. The maximum absolute atomic E-state index is 12.7. The van der Waals surface area contributed by atoms with Gasteiger partial charge in [0, 0.05) is 30.1 Å². The van der Waals surface area contributed by atoms with Crippen molar-refractivity contribution in [3.63, 3.8) is 0 Å². The Morgan fingerprint density at radius 2 is 0.984 bits per heavy atom. The number of anilines is 3. The van der Waals surface area contributed by atoms with Gasteiger partial charge in [0.05, 0.1) is 20.9 Å². The lowest BCUT2D eigenvalue weighted by Crippen LogP contribution is -2.14. The number of rotatable bonds is 16. The van der Waals surface area contributed by atoms with Crippen molar-refractivity contribution in [1.29, 1.82) is 0 Å². The summed E-state index contributed by atoms with van der Waals surface area (Å²) < 4.78 is 55.6. The summed E-state index contributed by atoms with van der Waals surface area (Å²) in [5, 5.41) is 31.6. The largest absolute Gasteiger partial charge is 0.478 e. The monoisotopic (exact) mass is 864 g/mol. The lowest BCUT2D eigenvalue weighted by atomic mass is 10.0. The minimum absolute atomic E-state index is 0.0884. The summed E-state index contributed by atoms with van der Waals surface area (Å²) in [5.74, 6) is -2.18. The Kier molecular flexibility index (Phi) is 14.7. The highest BCUT2D eigenvalue weighted by molar-refractivity contribution is 7.93. The third kappa shape index (κ3) is 13.1.